The van der Waals surface area contributed by atoms with Crippen molar-refractivity contribution in [2.75, 3.05) is 26.7 Å². The molecule has 7 rings (SSSR count). The zero-order valence-corrected chi connectivity index (χ0v) is 22.0. The van der Waals surface area contributed by atoms with Gasteiger partial charge in [0.15, 0.2) is 5.65 Å². The molecule has 37 heavy (non-hydrogen) atoms. The Labute approximate surface area is 217 Å². The predicted octanol–water partition coefficient (Wildman–Crippen LogP) is 5.51. The number of hydrogen-bond acceptors (Lipinski definition) is 7. The van der Waals surface area contributed by atoms with E-state index >= 15 is 0 Å². The number of likely N-dealkylation sites (N-methyl/N-ethyl adjacent to an activating group) is 1. The number of H-pyrrole nitrogens is 1. The molecule has 0 saturated heterocycles. The molecule has 2 bridgehead atoms. The molecule has 0 radical (unpaired) electrons. The van der Waals surface area contributed by atoms with E-state index in [2.05, 4.69) is 59.1 Å². The molecule has 3 aromatic heterocycles. The van der Waals surface area contributed by atoms with Gasteiger partial charge >= 0.3 is 0 Å². The molecule has 3 aliphatic rings. The second-order valence-electron chi connectivity index (χ2n) is 11.7. The fraction of sp³-hybridized carbons (Fsp3) is 0.483. The number of benzene rings is 1. The molecule has 3 fully saturated rings. The fourth-order valence-electron chi connectivity index (χ4n) is 6.33. The molecule has 3 aliphatic carbocycles. The Balaban J connectivity index is 1.02. The molecule has 4 aromatic rings. The van der Waals surface area contributed by atoms with E-state index in [9.17, 15) is 5.11 Å². The first kappa shape index (κ1) is 24.0. The second-order valence-corrected chi connectivity index (χ2v) is 11.7. The Hall–Kier alpha value is -3.39. The maximum Gasteiger partial charge on any atom is 0.254 e. The fourth-order valence-corrected chi connectivity index (χ4v) is 6.33. The smallest absolute Gasteiger partial charge is 0.254 e. The van der Waals surface area contributed by atoms with Crippen molar-refractivity contribution in [3.8, 4) is 22.9 Å². The third-order valence-corrected chi connectivity index (χ3v) is 8.55. The lowest BCUT2D eigenvalue weighted by molar-refractivity contribution is -0.155. The molecular weight excluding hydrogens is 466 g/mol. The molecule has 3 heterocycles. The highest BCUT2D eigenvalue weighted by atomic mass is 16.5. The summed E-state index contributed by atoms with van der Waals surface area (Å²) in [6.45, 7) is 9.03. The number of nitrogens with one attached hydrogen (secondary N) is 1. The Bertz CT molecular complexity index is 1400. The average Bonchev–Trinajstić information content (AvgIpc) is 3.47. The lowest BCUT2D eigenvalue weighted by Gasteiger charge is -2.71. The molecule has 8 nitrogen and oxygen atoms in total. The first-order chi connectivity index (χ1) is 17.8. The van der Waals surface area contributed by atoms with Crippen LogP contribution in [-0.2, 0) is 5.41 Å². The summed E-state index contributed by atoms with van der Waals surface area (Å²) in [5.74, 6) is 2.51. The molecule has 1 atom stereocenters. The number of fused-ring (bicyclic) bond motifs is 1. The van der Waals surface area contributed by atoms with E-state index < -0.39 is 0 Å². The van der Waals surface area contributed by atoms with Crippen LogP contribution in [0, 0.1) is 11.3 Å². The van der Waals surface area contributed by atoms with Crippen molar-refractivity contribution >= 4 is 11.0 Å². The van der Waals surface area contributed by atoms with E-state index in [1.165, 1.54) is 25.0 Å². The van der Waals surface area contributed by atoms with Crippen LogP contribution in [0.15, 0.2) is 47.0 Å². The van der Waals surface area contributed by atoms with Crippen LogP contribution in [0.4, 0.5) is 0 Å². The number of aromatic hydroxyl groups is 1. The first-order valence-electron chi connectivity index (χ1n) is 13.2. The monoisotopic (exact) mass is 501 g/mol. The number of para-hydroxylation sites is 1. The van der Waals surface area contributed by atoms with Crippen LogP contribution in [0.1, 0.15) is 57.4 Å². The molecule has 194 valence electrons. The molecule has 8 heteroatoms. The molecule has 3 saturated carbocycles. The Kier molecular flexibility index (Phi) is 5.75. The van der Waals surface area contributed by atoms with Crippen LogP contribution in [0.5, 0.6) is 11.6 Å². The SMILES string of the molecule is CC(C)[C@@H](C)c1cc(OCCN(C)CC23CC(c4cc5cc(-c6ccccc6O)nnc5[nH]4)(C2)C3)no1. The first-order valence-corrected chi connectivity index (χ1v) is 13.2. The summed E-state index contributed by atoms with van der Waals surface area (Å²) in [7, 11) is 2.17. The van der Waals surface area contributed by atoms with Gasteiger partial charge in [0, 0.05) is 47.1 Å². The van der Waals surface area contributed by atoms with Gasteiger partial charge in [0.05, 0.1) is 5.69 Å². The molecule has 0 spiro atoms. The van der Waals surface area contributed by atoms with Gasteiger partial charge in [-0.15, -0.1) is 10.2 Å². The van der Waals surface area contributed by atoms with Gasteiger partial charge in [-0.1, -0.05) is 32.9 Å². The summed E-state index contributed by atoms with van der Waals surface area (Å²) in [5, 5.41) is 24.0. The van der Waals surface area contributed by atoms with Crippen molar-refractivity contribution in [3.63, 3.8) is 0 Å². The normalized spacial score (nSPS) is 23.3. The van der Waals surface area contributed by atoms with Crippen LogP contribution < -0.4 is 4.74 Å². The van der Waals surface area contributed by atoms with Crippen molar-refractivity contribution in [2.24, 2.45) is 11.3 Å². The van der Waals surface area contributed by atoms with Gasteiger partial charge in [0.25, 0.3) is 5.88 Å². The van der Waals surface area contributed by atoms with Crippen LogP contribution in [-0.4, -0.2) is 57.1 Å². The third-order valence-electron chi connectivity index (χ3n) is 8.55. The van der Waals surface area contributed by atoms with Crippen LogP contribution >= 0.6 is 0 Å². The van der Waals surface area contributed by atoms with Crippen molar-refractivity contribution < 1.29 is 14.4 Å². The largest absolute Gasteiger partial charge is 0.507 e. The summed E-state index contributed by atoms with van der Waals surface area (Å²) in [6.07, 6.45) is 3.58. The maximum atomic E-state index is 10.2. The highest BCUT2D eigenvalue weighted by Gasteiger charge is 2.68. The van der Waals surface area contributed by atoms with E-state index in [-0.39, 0.29) is 11.2 Å². The molecule has 1 aromatic carbocycles. The highest BCUT2D eigenvalue weighted by Crippen LogP contribution is 2.73. The van der Waals surface area contributed by atoms with Gasteiger partial charge in [-0.25, -0.2) is 0 Å². The Morgan fingerprint density at radius 1 is 1.11 bits per heavy atom. The van der Waals surface area contributed by atoms with Gasteiger partial charge < -0.3 is 24.3 Å². The standard InChI is InChI=1S/C29H35N5O3/c1-18(2)19(3)24-13-26(33-37-24)36-10-9-34(4)17-28-14-29(15-28,16-28)25-12-20-11-22(31-32-27(20)30-25)21-7-5-6-8-23(21)35/h5-8,11-13,18-19,35H,9-10,14-17H2,1-4H3,(H,30,32)/t19-,28?,29?/m1/s1. The van der Waals surface area contributed by atoms with Crippen molar-refractivity contribution in [2.45, 2.75) is 51.4 Å². The van der Waals surface area contributed by atoms with Crippen molar-refractivity contribution in [3.05, 3.63) is 53.9 Å². The summed E-state index contributed by atoms with van der Waals surface area (Å²) < 4.78 is 11.3. The van der Waals surface area contributed by atoms with Gasteiger partial charge in [-0.2, -0.15) is 0 Å². The van der Waals surface area contributed by atoms with Crippen LogP contribution in [0.25, 0.3) is 22.3 Å². The highest BCUT2D eigenvalue weighted by molar-refractivity contribution is 5.82. The summed E-state index contributed by atoms with van der Waals surface area (Å²) in [4.78, 5) is 5.89. The number of hydrogen-bond donors (Lipinski definition) is 2. The minimum atomic E-state index is 0.217. The number of aromatic nitrogens is 4. The second kappa shape index (κ2) is 8.87. The quantitative estimate of drug-likeness (QED) is 0.295. The topological polar surface area (TPSA) is 100 Å². The van der Waals surface area contributed by atoms with Crippen molar-refractivity contribution in [1.82, 2.24) is 25.2 Å². The van der Waals surface area contributed by atoms with E-state index in [4.69, 9.17) is 9.26 Å². The number of rotatable bonds is 10. The Morgan fingerprint density at radius 2 is 1.89 bits per heavy atom. The lowest BCUT2D eigenvalue weighted by Crippen LogP contribution is -2.68. The van der Waals surface area contributed by atoms with E-state index in [0.717, 1.165) is 29.9 Å². The number of phenolic OH excluding ortho intramolecular Hbond substituents is 1. The van der Waals surface area contributed by atoms with E-state index in [1.54, 1.807) is 6.07 Å². The minimum Gasteiger partial charge on any atom is -0.507 e. The lowest BCUT2D eigenvalue weighted by atomic mass is 9.34. The van der Waals surface area contributed by atoms with Crippen LogP contribution in [0.2, 0.25) is 0 Å². The van der Waals surface area contributed by atoms with Gasteiger partial charge in [0.1, 0.15) is 18.1 Å². The average molecular weight is 502 g/mol. The third kappa shape index (κ3) is 4.27. The summed E-state index contributed by atoms with van der Waals surface area (Å²) >= 11 is 0. The number of phenols is 1. The number of aromatic amines is 1. The molecule has 0 amide bonds. The minimum absolute atomic E-state index is 0.217. The Morgan fingerprint density at radius 3 is 2.65 bits per heavy atom. The van der Waals surface area contributed by atoms with Gasteiger partial charge in [-0.3, -0.25) is 0 Å². The summed E-state index contributed by atoms with van der Waals surface area (Å²) in [5.41, 5.74) is 4.08. The van der Waals surface area contributed by atoms with Gasteiger partial charge in [-0.05, 0) is 67.1 Å². The van der Waals surface area contributed by atoms with Crippen LogP contribution in [0.3, 0.4) is 0 Å². The molecular formula is C29H35N5O3. The molecule has 0 aliphatic heterocycles. The molecule has 0 unspecified atom stereocenters. The molecule has 2 N–H and O–H groups in total. The number of nitrogens with zero attached hydrogens (tertiary/aromatic N) is 4. The van der Waals surface area contributed by atoms with E-state index in [1.807, 2.05) is 30.3 Å². The zero-order valence-electron chi connectivity index (χ0n) is 22.0. The van der Waals surface area contributed by atoms with Gasteiger partial charge in [0.2, 0.25) is 0 Å². The summed E-state index contributed by atoms with van der Waals surface area (Å²) in [6, 6.07) is 13.4. The zero-order chi connectivity index (χ0) is 25.8. The maximum absolute atomic E-state index is 10.2. The van der Waals surface area contributed by atoms with E-state index in [0.29, 0.717) is 41.0 Å². The van der Waals surface area contributed by atoms with Crippen molar-refractivity contribution in [1.29, 1.82) is 0 Å². The predicted molar refractivity (Wildman–Crippen MR) is 142 cm³/mol. The number of ether oxygens (including phenoxy) is 1.